The number of hydrogen-bond donors (Lipinski definition) is 1. The van der Waals surface area contributed by atoms with Gasteiger partial charge in [-0.25, -0.2) is 0 Å². The van der Waals surface area contributed by atoms with E-state index < -0.39 is 5.54 Å². The maximum atomic E-state index is 6.42. The fraction of sp³-hybridized carbons (Fsp3) is 0.533. The van der Waals surface area contributed by atoms with Crippen LogP contribution in [0.2, 0.25) is 0 Å². The van der Waals surface area contributed by atoms with Crippen molar-refractivity contribution in [2.45, 2.75) is 51.5 Å². The third-order valence-electron chi connectivity index (χ3n) is 3.94. The molecular weight excluding hydrogens is 252 g/mol. The van der Waals surface area contributed by atoms with Crippen molar-refractivity contribution >= 4 is 0 Å². The quantitative estimate of drug-likeness (QED) is 0.909. The summed E-state index contributed by atoms with van der Waals surface area (Å²) < 4.78 is 5.43. The molecule has 3 rings (SSSR count). The second-order valence-corrected chi connectivity index (χ2v) is 5.78. The fourth-order valence-corrected chi connectivity index (χ4v) is 2.90. The molecule has 0 unspecified atom stereocenters. The highest BCUT2D eigenvalue weighted by atomic mass is 16.5. The first-order valence-corrected chi connectivity index (χ1v) is 7.16. The van der Waals surface area contributed by atoms with Crippen LogP contribution >= 0.6 is 0 Å². The van der Waals surface area contributed by atoms with E-state index in [9.17, 15) is 0 Å². The van der Waals surface area contributed by atoms with Crippen molar-refractivity contribution in [2.75, 3.05) is 0 Å². The summed E-state index contributed by atoms with van der Waals surface area (Å²) in [6.45, 7) is 3.92. The first-order chi connectivity index (χ1) is 9.57. The van der Waals surface area contributed by atoms with Crippen LogP contribution in [0.5, 0.6) is 0 Å². The molecule has 0 atom stereocenters. The highest BCUT2D eigenvalue weighted by Gasteiger charge is 2.35. The van der Waals surface area contributed by atoms with E-state index in [1.807, 2.05) is 26.0 Å². The Kier molecular flexibility index (Phi) is 3.30. The second-order valence-electron chi connectivity index (χ2n) is 5.78. The van der Waals surface area contributed by atoms with Gasteiger partial charge in [0.2, 0.25) is 11.7 Å². The summed E-state index contributed by atoms with van der Waals surface area (Å²) >= 11 is 0. The topological polar surface area (TPSA) is 77.8 Å². The Hall–Kier alpha value is -1.75. The third-order valence-corrected chi connectivity index (χ3v) is 3.94. The molecule has 0 radical (unpaired) electrons. The number of hydrogen-bond acceptors (Lipinski definition) is 5. The largest absolute Gasteiger partial charge is 0.337 e. The van der Waals surface area contributed by atoms with Crippen LogP contribution in [0.3, 0.4) is 0 Å². The van der Waals surface area contributed by atoms with Gasteiger partial charge in [0.05, 0.1) is 5.54 Å². The zero-order chi connectivity index (χ0) is 14.2. The average molecular weight is 272 g/mol. The predicted octanol–water partition coefficient (Wildman–Crippen LogP) is 2.87. The zero-order valence-electron chi connectivity index (χ0n) is 12.0. The van der Waals surface area contributed by atoms with Crippen LogP contribution in [-0.2, 0) is 5.54 Å². The van der Waals surface area contributed by atoms with Gasteiger partial charge in [-0.05, 0) is 38.8 Å². The smallest absolute Gasteiger partial charge is 0.247 e. The molecule has 2 N–H and O–H groups in total. The molecule has 1 fully saturated rings. The highest BCUT2D eigenvalue weighted by Crippen LogP contribution is 2.34. The molecule has 0 aromatic carbocycles. The first-order valence-electron chi connectivity index (χ1n) is 7.16. The van der Waals surface area contributed by atoms with Crippen molar-refractivity contribution < 1.29 is 4.52 Å². The summed E-state index contributed by atoms with van der Waals surface area (Å²) in [6.07, 6.45) is 5.33. The van der Waals surface area contributed by atoms with Crippen molar-refractivity contribution in [3.8, 4) is 11.4 Å². The minimum atomic E-state index is -0.444. The molecule has 1 aliphatic carbocycles. The van der Waals surface area contributed by atoms with E-state index in [4.69, 9.17) is 10.3 Å². The van der Waals surface area contributed by atoms with Gasteiger partial charge >= 0.3 is 0 Å². The molecule has 5 nitrogen and oxygen atoms in total. The zero-order valence-corrected chi connectivity index (χ0v) is 12.0. The van der Waals surface area contributed by atoms with E-state index in [0.717, 1.165) is 42.6 Å². The van der Waals surface area contributed by atoms with Gasteiger partial charge in [-0.15, -0.1) is 0 Å². The third kappa shape index (κ3) is 2.45. The summed E-state index contributed by atoms with van der Waals surface area (Å²) in [4.78, 5) is 8.89. The molecule has 20 heavy (non-hydrogen) atoms. The molecule has 2 heterocycles. The summed E-state index contributed by atoms with van der Waals surface area (Å²) in [5.74, 6) is 1.17. The lowest BCUT2D eigenvalue weighted by atomic mass is 9.82. The van der Waals surface area contributed by atoms with Crippen LogP contribution < -0.4 is 5.73 Å². The number of rotatable bonds is 2. The summed E-state index contributed by atoms with van der Waals surface area (Å²) in [5, 5.41) is 4.10. The Morgan fingerprint density at radius 1 is 1.05 bits per heavy atom. The SMILES string of the molecule is Cc1cc(-c2noc(C3(N)CCCCC3)n2)cc(C)n1. The van der Waals surface area contributed by atoms with Crippen LogP contribution in [-0.4, -0.2) is 15.1 Å². The number of nitrogens with zero attached hydrogens (tertiary/aromatic N) is 3. The molecule has 0 spiro atoms. The highest BCUT2D eigenvalue weighted by molar-refractivity contribution is 5.55. The van der Waals surface area contributed by atoms with Gasteiger partial charge in [0, 0.05) is 17.0 Å². The number of aryl methyl sites for hydroxylation is 2. The van der Waals surface area contributed by atoms with Crippen molar-refractivity contribution in [1.29, 1.82) is 0 Å². The van der Waals surface area contributed by atoms with E-state index in [1.165, 1.54) is 6.42 Å². The van der Waals surface area contributed by atoms with E-state index in [2.05, 4.69) is 15.1 Å². The van der Waals surface area contributed by atoms with E-state index in [1.54, 1.807) is 0 Å². The van der Waals surface area contributed by atoms with Crippen LogP contribution in [0.1, 0.15) is 49.4 Å². The van der Waals surface area contributed by atoms with Crippen LogP contribution in [0, 0.1) is 13.8 Å². The fourth-order valence-electron chi connectivity index (χ4n) is 2.90. The summed E-state index contributed by atoms with van der Waals surface area (Å²) in [5.41, 5.74) is 8.81. The van der Waals surface area contributed by atoms with Crippen molar-refractivity contribution in [2.24, 2.45) is 5.73 Å². The second kappa shape index (κ2) is 4.98. The normalized spacial score (nSPS) is 18.1. The first kappa shape index (κ1) is 13.2. The monoisotopic (exact) mass is 272 g/mol. The van der Waals surface area contributed by atoms with Gasteiger partial charge in [0.1, 0.15) is 0 Å². The van der Waals surface area contributed by atoms with Gasteiger partial charge in [0.25, 0.3) is 0 Å². The molecule has 1 aliphatic rings. The minimum absolute atomic E-state index is 0.444. The van der Waals surface area contributed by atoms with Gasteiger partial charge < -0.3 is 10.3 Å². The van der Waals surface area contributed by atoms with Gasteiger partial charge in [0.15, 0.2) is 0 Å². The van der Waals surface area contributed by atoms with Crippen LogP contribution in [0.25, 0.3) is 11.4 Å². The van der Waals surface area contributed by atoms with E-state index in [0.29, 0.717) is 11.7 Å². The maximum Gasteiger partial charge on any atom is 0.247 e. The molecule has 2 aromatic rings. The van der Waals surface area contributed by atoms with Crippen molar-refractivity contribution in [3.05, 3.63) is 29.4 Å². The molecule has 5 heteroatoms. The van der Waals surface area contributed by atoms with E-state index in [-0.39, 0.29) is 0 Å². The van der Waals surface area contributed by atoms with Gasteiger partial charge in [-0.3, -0.25) is 4.98 Å². The number of pyridine rings is 1. The van der Waals surface area contributed by atoms with Gasteiger partial charge in [-0.1, -0.05) is 24.4 Å². The van der Waals surface area contributed by atoms with E-state index >= 15 is 0 Å². The molecular formula is C15H20N4O. The molecule has 2 aromatic heterocycles. The summed E-state index contributed by atoms with van der Waals surface area (Å²) in [7, 11) is 0. The minimum Gasteiger partial charge on any atom is -0.337 e. The standard InChI is InChI=1S/C15H20N4O/c1-10-8-12(9-11(2)17-10)13-18-14(20-19-13)15(16)6-4-3-5-7-15/h8-9H,3-7,16H2,1-2H3. The lowest BCUT2D eigenvalue weighted by molar-refractivity contribution is 0.220. The number of aromatic nitrogens is 3. The molecule has 0 aliphatic heterocycles. The van der Waals surface area contributed by atoms with Gasteiger partial charge in [-0.2, -0.15) is 4.98 Å². The molecule has 0 amide bonds. The molecule has 106 valence electrons. The van der Waals surface area contributed by atoms with Crippen LogP contribution in [0.4, 0.5) is 0 Å². The Morgan fingerprint density at radius 2 is 1.70 bits per heavy atom. The lowest BCUT2D eigenvalue weighted by Crippen LogP contribution is -2.38. The molecule has 1 saturated carbocycles. The van der Waals surface area contributed by atoms with Crippen molar-refractivity contribution in [1.82, 2.24) is 15.1 Å². The maximum absolute atomic E-state index is 6.42. The Bertz CT molecular complexity index is 594. The van der Waals surface area contributed by atoms with Crippen molar-refractivity contribution in [3.63, 3.8) is 0 Å². The molecule has 0 saturated heterocycles. The Labute approximate surface area is 118 Å². The van der Waals surface area contributed by atoms with Crippen LogP contribution in [0.15, 0.2) is 16.7 Å². The predicted molar refractivity (Wildman–Crippen MR) is 76.0 cm³/mol. The summed E-state index contributed by atoms with van der Waals surface area (Å²) in [6, 6.07) is 3.93. The lowest BCUT2D eigenvalue weighted by Gasteiger charge is -2.29. The molecule has 0 bridgehead atoms. The Balaban J connectivity index is 1.93. The Morgan fingerprint density at radius 3 is 2.35 bits per heavy atom. The number of nitrogens with two attached hydrogens (primary N) is 1. The average Bonchev–Trinajstić information content (AvgIpc) is 2.89.